The number of halogens is 1. The van der Waals surface area contributed by atoms with E-state index in [-0.39, 0.29) is 30.4 Å². The Hall–Kier alpha value is -1.36. The molecule has 1 aliphatic heterocycles. The minimum atomic E-state index is -0.266. The number of rotatable bonds is 1. The van der Waals surface area contributed by atoms with Gasteiger partial charge in [-0.25, -0.2) is 0 Å². The lowest BCUT2D eigenvalue weighted by Crippen LogP contribution is -2.24. The van der Waals surface area contributed by atoms with Crippen molar-refractivity contribution in [1.29, 1.82) is 0 Å². The van der Waals surface area contributed by atoms with E-state index in [4.69, 9.17) is 0 Å². The van der Waals surface area contributed by atoms with Crippen LogP contribution in [0, 0.1) is 0 Å². The number of hydrogen-bond donors (Lipinski definition) is 1. The minimum Gasteiger partial charge on any atom is -0.506 e. The second kappa shape index (κ2) is 3.66. The summed E-state index contributed by atoms with van der Waals surface area (Å²) >= 11 is 3.20. The Bertz CT molecular complexity index is 444. The number of carbonyl (C=O) groups is 2. The van der Waals surface area contributed by atoms with Crippen molar-refractivity contribution in [2.75, 3.05) is 11.4 Å². The van der Waals surface area contributed by atoms with E-state index in [0.717, 1.165) is 4.47 Å². The Morgan fingerprint density at radius 1 is 1.33 bits per heavy atom. The average Bonchev–Trinajstić information content (AvgIpc) is 2.45. The second-order valence-corrected chi connectivity index (χ2v) is 4.24. The highest BCUT2D eigenvalue weighted by atomic mass is 79.9. The third-order valence-electron chi connectivity index (χ3n) is 2.21. The number of carbonyl (C=O) groups excluding carboxylic acids is 2. The van der Waals surface area contributed by atoms with Crippen LogP contribution in [0.4, 0.5) is 5.69 Å². The molecule has 0 atom stereocenters. The highest BCUT2D eigenvalue weighted by Crippen LogP contribution is 2.32. The summed E-state index contributed by atoms with van der Waals surface area (Å²) in [6.07, 6.45) is -0.0739. The molecule has 1 amide bonds. The van der Waals surface area contributed by atoms with Gasteiger partial charge in [-0.2, -0.15) is 0 Å². The Kier molecular flexibility index (Phi) is 2.48. The number of phenolic OH excluding ortho intramolecular Hbond substituents is 1. The highest BCUT2D eigenvalue weighted by molar-refractivity contribution is 9.10. The highest BCUT2D eigenvalue weighted by Gasteiger charge is 2.29. The monoisotopic (exact) mass is 269 g/mol. The van der Waals surface area contributed by atoms with Crippen LogP contribution in [0.3, 0.4) is 0 Å². The van der Waals surface area contributed by atoms with Crippen molar-refractivity contribution in [1.82, 2.24) is 0 Å². The van der Waals surface area contributed by atoms with Crippen molar-refractivity contribution in [3.63, 3.8) is 0 Å². The van der Waals surface area contributed by atoms with E-state index < -0.39 is 0 Å². The summed E-state index contributed by atoms with van der Waals surface area (Å²) in [6, 6.07) is 4.81. The van der Waals surface area contributed by atoms with Crippen LogP contribution in [0.15, 0.2) is 22.7 Å². The third kappa shape index (κ3) is 1.87. The number of hydrogen-bond acceptors (Lipinski definition) is 3. The van der Waals surface area contributed by atoms with Gasteiger partial charge in [0.25, 0.3) is 0 Å². The number of phenols is 1. The SMILES string of the molecule is O=C1CC(=O)N(c2ccc(Br)cc2O)C1. The Labute approximate surface area is 94.6 Å². The Balaban J connectivity index is 2.38. The number of aromatic hydroxyl groups is 1. The zero-order valence-electron chi connectivity index (χ0n) is 7.74. The molecule has 0 bridgehead atoms. The quantitative estimate of drug-likeness (QED) is 0.786. The van der Waals surface area contributed by atoms with Crippen molar-refractivity contribution in [2.45, 2.75) is 6.42 Å². The van der Waals surface area contributed by atoms with Gasteiger partial charge in [-0.05, 0) is 18.2 Å². The molecule has 0 saturated carbocycles. The number of ketones is 1. The molecule has 5 heteroatoms. The van der Waals surface area contributed by atoms with Gasteiger partial charge in [-0.15, -0.1) is 0 Å². The molecule has 4 nitrogen and oxygen atoms in total. The summed E-state index contributed by atoms with van der Waals surface area (Å²) in [5.41, 5.74) is 0.383. The van der Waals surface area contributed by atoms with Crippen LogP contribution < -0.4 is 4.90 Å². The molecule has 2 rings (SSSR count). The van der Waals surface area contributed by atoms with Crippen molar-refractivity contribution in [3.05, 3.63) is 22.7 Å². The van der Waals surface area contributed by atoms with Crippen LogP contribution in [-0.2, 0) is 9.59 Å². The zero-order chi connectivity index (χ0) is 11.0. The minimum absolute atomic E-state index is 0.00701. The van der Waals surface area contributed by atoms with Gasteiger partial charge in [0, 0.05) is 4.47 Å². The van der Waals surface area contributed by atoms with Crippen LogP contribution in [0.2, 0.25) is 0 Å². The van der Waals surface area contributed by atoms with Gasteiger partial charge < -0.3 is 10.0 Å². The number of Topliss-reactive ketones (excluding diaryl/α,β-unsaturated/α-hetero) is 1. The van der Waals surface area contributed by atoms with Gasteiger partial charge in [0.2, 0.25) is 5.91 Å². The number of nitrogens with zero attached hydrogens (tertiary/aromatic N) is 1. The van der Waals surface area contributed by atoms with Gasteiger partial charge in [0.1, 0.15) is 5.75 Å². The van der Waals surface area contributed by atoms with Crippen LogP contribution in [0.25, 0.3) is 0 Å². The molecule has 78 valence electrons. The second-order valence-electron chi connectivity index (χ2n) is 3.33. The van der Waals surface area contributed by atoms with Crippen LogP contribution in [0.1, 0.15) is 6.42 Å². The summed E-state index contributed by atoms with van der Waals surface area (Å²) in [7, 11) is 0. The molecule has 1 saturated heterocycles. The normalized spacial score (nSPS) is 16.2. The van der Waals surface area contributed by atoms with Crippen molar-refractivity contribution in [3.8, 4) is 5.75 Å². The van der Waals surface area contributed by atoms with Crippen LogP contribution in [0.5, 0.6) is 5.75 Å². The molecule has 0 unspecified atom stereocenters. The molecule has 1 aromatic carbocycles. The smallest absolute Gasteiger partial charge is 0.235 e. The molecule has 0 spiro atoms. The fourth-order valence-corrected chi connectivity index (χ4v) is 1.88. The predicted molar refractivity (Wildman–Crippen MR) is 57.8 cm³/mol. The molecule has 1 fully saturated rings. The Morgan fingerprint density at radius 3 is 2.60 bits per heavy atom. The molecular formula is C10H8BrNO3. The van der Waals surface area contributed by atoms with E-state index in [1.165, 1.54) is 11.0 Å². The lowest BCUT2D eigenvalue weighted by molar-refractivity contribution is -0.121. The zero-order valence-corrected chi connectivity index (χ0v) is 9.32. The van der Waals surface area contributed by atoms with Crippen LogP contribution >= 0.6 is 15.9 Å². The first kappa shape index (κ1) is 10.2. The van der Waals surface area contributed by atoms with E-state index in [9.17, 15) is 14.7 Å². The van der Waals surface area contributed by atoms with Gasteiger partial charge in [0.05, 0.1) is 18.7 Å². The van der Waals surface area contributed by atoms with E-state index in [1.54, 1.807) is 12.1 Å². The number of amides is 1. The van der Waals surface area contributed by atoms with Gasteiger partial charge in [0.15, 0.2) is 5.78 Å². The van der Waals surface area contributed by atoms with Gasteiger partial charge in [-0.1, -0.05) is 15.9 Å². The molecule has 15 heavy (non-hydrogen) atoms. The number of benzene rings is 1. The first-order chi connectivity index (χ1) is 7.08. The summed E-state index contributed by atoms with van der Waals surface area (Å²) in [5, 5.41) is 9.62. The van der Waals surface area contributed by atoms with Crippen LogP contribution in [-0.4, -0.2) is 23.3 Å². The molecule has 0 aliphatic carbocycles. The maximum absolute atomic E-state index is 11.4. The first-order valence-electron chi connectivity index (χ1n) is 4.38. The molecular weight excluding hydrogens is 262 g/mol. The predicted octanol–water partition coefficient (Wildman–Crippen LogP) is 1.46. The maximum Gasteiger partial charge on any atom is 0.235 e. The lowest BCUT2D eigenvalue weighted by Gasteiger charge is -2.15. The van der Waals surface area contributed by atoms with Gasteiger partial charge >= 0.3 is 0 Å². The van der Waals surface area contributed by atoms with E-state index in [2.05, 4.69) is 15.9 Å². The standard InChI is InChI=1S/C10H8BrNO3/c11-6-1-2-8(9(14)3-6)12-5-7(13)4-10(12)15/h1-3,14H,4-5H2. The van der Waals surface area contributed by atoms with Crippen molar-refractivity contribution < 1.29 is 14.7 Å². The average molecular weight is 270 g/mol. The fourth-order valence-electron chi connectivity index (χ4n) is 1.53. The van der Waals surface area contributed by atoms with Crippen molar-refractivity contribution in [2.24, 2.45) is 0 Å². The molecule has 1 aliphatic rings. The Morgan fingerprint density at radius 2 is 2.07 bits per heavy atom. The van der Waals surface area contributed by atoms with Gasteiger partial charge in [-0.3, -0.25) is 9.59 Å². The maximum atomic E-state index is 11.4. The largest absolute Gasteiger partial charge is 0.506 e. The summed E-state index contributed by atoms with van der Waals surface area (Å²) < 4.78 is 0.724. The molecule has 1 aromatic rings. The summed E-state index contributed by atoms with van der Waals surface area (Å²) in [4.78, 5) is 23.8. The topological polar surface area (TPSA) is 57.6 Å². The van der Waals surface area contributed by atoms with Crippen molar-refractivity contribution >= 4 is 33.3 Å². The summed E-state index contributed by atoms with van der Waals surface area (Å²) in [6.45, 7) is 0.0496. The van der Waals surface area contributed by atoms with E-state index >= 15 is 0 Å². The van der Waals surface area contributed by atoms with E-state index in [0.29, 0.717) is 5.69 Å². The molecule has 1 N–H and O–H groups in total. The third-order valence-corrected chi connectivity index (χ3v) is 2.71. The number of anilines is 1. The molecule has 0 radical (unpaired) electrons. The summed E-state index contributed by atoms with van der Waals surface area (Å²) in [5.74, 6) is -0.396. The molecule has 0 aromatic heterocycles. The first-order valence-corrected chi connectivity index (χ1v) is 5.18. The molecule has 1 heterocycles. The van der Waals surface area contributed by atoms with E-state index in [1.807, 2.05) is 0 Å². The lowest BCUT2D eigenvalue weighted by atomic mass is 10.2. The fraction of sp³-hybridized carbons (Fsp3) is 0.200.